The number of hydrogen-bond donors (Lipinski definition) is 3. The minimum absolute atomic E-state index is 0.0777. The number of aliphatic carboxylic acids is 1. The summed E-state index contributed by atoms with van der Waals surface area (Å²) >= 11 is 12.2. The summed E-state index contributed by atoms with van der Waals surface area (Å²) in [6.07, 6.45) is -0.0777. The SMILES string of the molecule is CC(C)(CC(=O)c1ccc(-c2ccc(NC(=O)c3cc4c(Cl)cc(Cl)cc4[nH]3)cc2)cc1)C(=O)O. The van der Waals surface area contributed by atoms with Gasteiger partial charge in [0.25, 0.3) is 5.91 Å². The van der Waals surface area contributed by atoms with E-state index in [-0.39, 0.29) is 18.1 Å². The predicted octanol–water partition coefficient (Wildman–Crippen LogP) is 7.08. The van der Waals surface area contributed by atoms with Gasteiger partial charge in [0.2, 0.25) is 0 Å². The average molecular weight is 509 g/mol. The third-order valence-corrected chi connectivity index (χ3v) is 6.29. The Morgan fingerprint density at radius 2 is 1.51 bits per heavy atom. The Morgan fingerprint density at radius 3 is 2.11 bits per heavy atom. The zero-order valence-electron chi connectivity index (χ0n) is 19.0. The highest BCUT2D eigenvalue weighted by molar-refractivity contribution is 6.38. The van der Waals surface area contributed by atoms with E-state index < -0.39 is 11.4 Å². The number of carboxylic acids is 1. The predicted molar refractivity (Wildman–Crippen MR) is 139 cm³/mol. The van der Waals surface area contributed by atoms with Gasteiger partial charge in [0.05, 0.1) is 10.4 Å². The monoisotopic (exact) mass is 508 g/mol. The normalized spacial score (nSPS) is 11.4. The number of fused-ring (bicyclic) bond motifs is 1. The van der Waals surface area contributed by atoms with Crippen LogP contribution in [0.15, 0.2) is 66.7 Å². The van der Waals surface area contributed by atoms with Gasteiger partial charge in [0.15, 0.2) is 5.78 Å². The van der Waals surface area contributed by atoms with Crippen LogP contribution in [-0.2, 0) is 4.79 Å². The van der Waals surface area contributed by atoms with E-state index in [1.807, 2.05) is 24.3 Å². The molecule has 0 aliphatic rings. The highest BCUT2D eigenvalue weighted by atomic mass is 35.5. The van der Waals surface area contributed by atoms with Crippen LogP contribution < -0.4 is 5.32 Å². The quantitative estimate of drug-likeness (QED) is 0.232. The number of ketones is 1. The van der Waals surface area contributed by atoms with Gasteiger partial charge < -0.3 is 15.4 Å². The number of nitrogens with one attached hydrogen (secondary N) is 2. The van der Waals surface area contributed by atoms with E-state index in [4.69, 9.17) is 23.2 Å². The number of benzene rings is 3. The molecule has 3 N–H and O–H groups in total. The van der Waals surface area contributed by atoms with Crippen molar-refractivity contribution >= 4 is 57.5 Å². The van der Waals surface area contributed by atoms with Crippen molar-refractivity contribution in [1.29, 1.82) is 0 Å². The molecule has 178 valence electrons. The van der Waals surface area contributed by atoms with Crippen LogP contribution in [0.5, 0.6) is 0 Å². The number of rotatable bonds is 7. The molecule has 0 aliphatic carbocycles. The summed E-state index contributed by atoms with van der Waals surface area (Å²) < 4.78 is 0. The van der Waals surface area contributed by atoms with Crippen molar-refractivity contribution in [2.75, 3.05) is 5.32 Å². The summed E-state index contributed by atoms with van der Waals surface area (Å²) in [7, 11) is 0. The summed E-state index contributed by atoms with van der Waals surface area (Å²) in [5.41, 5.74) is 2.79. The zero-order chi connectivity index (χ0) is 25.3. The average Bonchev–Trinajstić information content (AvgIpc) is 3.24. The molecule has 35 heavy (non-hydrogen) atoms. The molecular weight excluding hydrogens is 487 g/mol. The number of carbonyl (C=O) groups excluding carboxylic acids is 2. The second-order valence-corrected chi connectivity index (χ2v) is 9.77. The highest BCUT2D eigenvalue weighted by Gasteiger charge is 2.30. The van der Waals surface area contributed by atoms with E-state index in [1.165, 1.54) is 13.8 Å². The lowest BCUT2D eigenvalue weighted by atomic mass is 9.85. The van der Waals surface area contributed by atoms with Crippen LogP contribution >= 0.6 is 23.2 Å². The topological polar surface area (TPSA) is 99.3 Å². The van der Waals surface area contributed by atoms with E-state index in [2.05, 4.69) is 10.3 Å². The van der Waals surface area contributed by atoms with Gasteiger partial charge in [0.1, 0.15) is 5.69 Å². The van der Waals surface area contributed by atoms with Crippen molar-refractivity contribution in [3.05, 3.63) is 88.0 Å². The first-order valence-corrected chi connectivity index (χ1v) is 11.6. The lowest BCUT2D eigenvalue weighted by molar-refractivity contribution is -0.146. The smallest absolute Gasteiger partial charge is 0.309 e. The molecule has 0 saturated heterocycles. The number of Topliss-reactive ketones (excluding diaryl/α,β-unsaturated/α-hetero) is 1. The first kappa shape index (κ1) is 24.5. The lowest BCUT2D eigenvalue weighted by Gasteiger charge is -2.17. The van der Waals surface area contributed by atoms with Gasteiger partial charge >= 0.3 is 5.97 Å². The Kier molecular flexibility index (Phi) is 6.70. The van der Waals surface area contributed by atoms with Crippen molar-refractivity contribution in [3.8, 4) is 11.1 Å². The third-order valence-electron chi connectivity index (χ3n) is 5.76. The van der Waals surface area contributed by atoms with Gasteiger partial charge in [-0.05, 0) is 55.3 Å². The Balaban J connectivity index is 1.44. The van der Waals surface area contributed by atoms with Crippen molar-refractivity contribution < 1.29 is 19.5 Å². The van der Waals surface area contributed by atoms with Gasteiger partial charge in [-0.15, -0.1) is 0 Å². The van der Waals surface area contributed by atoms with Crippen LogP contribution in [0.1, 0.15) is 41.1 Å². The maximum Gasteiger partial charge on any atom is 0.309 e. The number of H-pyrrole nitrogens is 1. The van der Waals surface area contributed by atoms with Gasteiger partial charge in [-0.3, -0.25) is 14.4 Å². The third kappa shape index (κ3) is 5.39. The molecule has 0 fully saturated rings. The van der Waals surface area contributed by atoms with Crippen LogP contribution in [0.25, 0.3) is 22.0 Å². The molecule has 4 aromatic rings. The fraction of sp³-hybridized carbons (Fsp3) is 0.148. The largest absolute Gasteiger partial charge is 0.481 e. The summed E-state index contributed by atoms with van der Waals surface area (Å²) in [6, 6.07) is 19.3. The van der Waals surface area contributed by atoms with E-state index in [9.17, 15) is 19.5 Å². The fourth-order valence-corrected chi connectivity index (χ4v) is 4.20. The van der Waals surface area contributed by atoms with Gasteiger partial charge in [-0.1, -0.05) is 59.6 Å². The molecule has 0 atom stereocenters. The van der Waals surface area contributed by atoms with E-state index in [0.717, 1.165) is 11.1 Å². The molecule has 1 amide bonds. The second-order valence-electron chi connectivity index (χ2n) is 8.93. The van der Waals surface area contributed by atoms with Crippen molar-refractivity contribution in [1.82, 2.24) is 4.98 Å². The molecule has 0 radical (unpaired) electrons. The number of halogens is 2. The van der Waals surface area contributed by atoms with Gasteiger partial charge in [0, 0.05) is 33.6 Å². The van der Waals surface area contributed by atoms with Crippen molar-refractivity contribution in [2.45, 2.75) is 20.3 Å². The van der Waals surface area contributed by atoms with Crippen LogP contribution in [0.3, 0.4) is 0 Å². The maximum absolute atomic E-state index is 12.7. The van der Waals surface area contributed by atoms with E-state index in [0.29, 0.717) is 37.9 Å². The van der Waals surface area contributed by atoms with E-state index >= 15 is 0 Å². The molecule has 0 spiro atoms. The number of aromatic amines is 1. The van der Waals surface area contributed by atoms with Crippen LogP contribution in [0.4, 0.5) is 5.69 Å². The summed E-state index contributed by atoms with van der Waals surface area (Å²) in [5, 5.41) is 13.7. The number of carbonyl (C=O) groups is 3. The Morgan fingerprint density at radius 1 is 0.914 bits per heavy atom. The molecule has 0 saturated carbocycles. The number of amides is 1. The Bertz CT molecular complexity index is 1440. The standard InChI is InChI=1S/C27H22Cl2N2O4/c1-27(2,26(34)35)14-24(32)17-5-3-15(4-6-17)16-7-9-19(10-8-16)30-25(33)23-13-20-21(29)11-18(28)12-22(20)31-23/h3-13,31H,14H2,1-2H3,(H,30,33)(H,34,35). The van der Waals surface area contributed by atoms with Crippen molar-refractivity contribution in [2.24, 2.45) is 5.41 Å². The second kappa shape index (κ2) is 9.56. The minimum Gasteiger partial charge on any atom is -0.481 e. The summed E-state index contributed by atoms with van der Waals surface area (Å²) in [6.45, 7) is 3.07. The zero-order valence-corrected chi connectivity index (χ0v) is 20.5. The molecule has 0 unspecified atom stereocenters. The molecule has 0 aliphatic heterocycles. The fourth-order valence-electron chi connectivity index (χ4n) is 3.65. The highest BCUT2D eigenvalue weighted by Crippen LogP contribution is 2.29. The van der Waals surface area contributed by atoms with Crippen molar-refractivity contribution in [3.63, 3.8) is 0 Å². The molecule has 8 heteroatoms. The first-order chi connectivity index (χ1) is 16.5. The number of carboxylic acid groups (broad SMARTS) is 1. The maximum atomic E-state index is 12.7. The number of anilines is 1. The molecule has 1 heterocycles. The number of aromatic nitrogens is 1. The Labute approximate surface area is 211 Å². The lowest BCUT2D eigenvalue weighted by Crippen LogP contribution is -2.26. The molecule has 4 rings (SSSR count). The molecule has 1 aromatic heterocycles. The summed E-state index contributed by atoms with van der Waals surface area (Å²) in [5.74, 6) is -1.54. The summed E-state index contributed by atoms with van der Waals surface area (Å²) in [4.78, 5) is 39.4. The number of hydrogen-bond acceptors (Lipinski definition) is 3. The molecular formula is C27H22Cl2N2O4. The van der Waals surface area contributed by atoms with Crippen LogP contribution in [0.2, 0.25) is 10.0 Å². The molecule has 0 bridgehead atoms. The minimum atomic E-state index is -1.12. The van der Waals surface area contributed by atoms with Gasteiger partial charge in [-0.2, -0.15) is 0 Å². The van der Waals surface area contributed by atoms with Crippen LogP contribution in [0, 0.1) is 5.41 Å². The van der Waals surface area contributed by atoms with Gasteiger partial charge in [-0.25, -0.2) is 0 Å². The van der Waals surface area contributed by atoms with Crippen LogP contribution in [-0.4, -0.2) is 27.8 Å². The molecule has 6 nitrogen and oxygen atoms in total. The van der Waals surface area contributed by atoms with E-state index in [1.54, 1.807) is 42.5 Å². The first-order valence-electron chi connectivity index (χ1n) is 10.8. The Hall–Kier alpha value is -3.61. The molecule has 3 aromatic carbocycles.